The molecule has 3 N–H and O–H groups in total. The van der Waals surface area contributed by atoms with Gasteiger partial charge in [-0.25, -0.2) is 4.98 Å². The van der Waals surface area contributed by atoms with Crippen LogP contribution in [0, 0.1) is 0 Å². The molecule has 4 rings (SSSR count). The minimum atomic E-state index is 0.449. The van der Waals surface area contributed by atoms with Crippen molar-refractivity contribution >= 4 is 22.5 Å². The molecule has 0 saturated carbocycles. The number of aromatic nitrogens is 4. The molecule has 98 valence electrons. The fourth-order valence-electron chi connectivity index (χ4n) is 2.73. The predicted octanol–water partition coefficient (Wildman–Crippen LogP) is 1.37. The smallest absolute Gasteiger partial charge is 0.159 e. The highest BCUT2D eigenvalue weighted by molar-refractivity contribution is 5.89. The van der Waals surface area contributed by atoms with E-state index in [1.54, 1.807) is 6.20 Å². The van der Waals surface area contributed by atoms with E-state index >= 15 is 0 Å². The Balaban J connectivity index is 1.79. The molecule has 0 unspecified atom stereocenters. The van der Waals surface area contributed by atoms with Crippen LogP contribution in [-0.2, 0) is 0 Å². The number of hydrogen-bond donors (Lipinski definition) is 3. The van der Waals surface area contributed by atoms with E-state index in [9.17, 15) is 0 Å². The Morgan fingerprint density at radius 2 is 2.37 bits per heavy atom. The Labute approximate surface area is 110 Å². The molecular formula is C13H16N6. The molecule has 0 amide bonds. The first-order valence-electron chi connectivity index (χ1n) is 6.70. The van der Waals surface area contributed by atoms with Gasteiger partial charge in [0.25, 0.3) is 0 Å². The van der Waals surface area contributed by atoms with Gasteiger partial charge in [0.1, 0.15) is 11.5 Å². The summed E-state index contributed by atoms with van der Waals surface area (Å²) in [6.07, 6.45) is 6.10. The van der Waals surface area contributed by atoms with E-state index in [4.69, 9.17) is 0 Å². The number of nitrogens with one attached hydrogen (secondary N) is 3. The lowest BCUT2D eigenvalue weighted by atomic mass is 10.1. The predicted molar refractivity (Wildman–Crippen MR) is 74.4 cm³/mol. The summed E-state index contributed by atoms with van der Waals surface area (Å²) in [5, 5.41) is 12.3. The number of rotatable bonds is 2. The van der Waals surface area contributed by atoms with E-state index in [2.05, 4.69) is 25.7 Å². The van der Waals surface area contributed by atoms with E-state index in [1.165, 1.54) is 12.8 Å². The maximum atomic E-state index is 4.67. The van der Waals surface area contributed by atoms with Gasteiger partial charge < -0.3 is 15.6 Å². The van der Waals surface area contributed by atoms with E-state index in [1.807, 2.05) is 22.8 Å². The van der Waals surface area contributed by atoms with Gasteiger partial charge in [0.05, 0.1) is 11.6 Å². The number of piperidine rings is 1. The number of hydrogen-bond acceptors (Lipinski definition) is 4. The third-order valence-electron chi connectivity index (χ3n) is 3.68. The van der Waals surface area contributed by atoms with Gasteiger partial charge >= 0.3 is 0 Å². The molecule has 6 heteroatoms. The fourth-order valence-corrected chi connectivity index (χ4v) is 2.73. The number of aromatic amines is 1. The molecule has 3 aromatic heterocycles. The highest BCUT2D eigenvalue weighted by Crippen LogP contribution is 2.23. The molecule has 1 fully saturated rings. The molecule has 3 aromatic rings. The van der Waals surface area contributed by atoms with Crippen LogP contribution in [0.4, 0.5) is 5.82 Å². The molecule has 0 radical (unpaired) electrons. The lowest BCUT2D eigenvalue weighted by Gasteiger charge is -2.24. The molecule has 1 saturated heterocycles. The van der Waals surface area contributed by atoms with Crippen molar-refractivity contribution in [3.63, 3.8) is 0 Å². The number of anilines is 1. The lowest BCUT2D eigenvalue weighted by Crippen LogP contribution is -2.38. The van der Waals surface area contributed by atoms with Gasteiger partial charge in [0.15, 0.2) is 5.65 Å². The van der Waals surface area contributed by atoms with Crippen LogP contribution in [0.25, 0.3) is 16.7 Å². The second-order valence-corrected chi connectivity index (χ2v) is 4.99. The van der Waals surface area contributed by atoms with Gasteiger partial charge in [-0.05, 0) is 25.5 Å². The Bertz CT molecular complexity index is 706. The van der Waals surface area contributed by atoms with Gasteiger partial charge in [0.2, 0.25) is 0 Å². The Morgan fingerprint density at radius 1 is 1.37 bits per heavy atom. The van der Waals surface area contributed by atoms with E-state index in [-0.39, 0.29) is 0 Å². The van der Waals surface area contributed by atoms with Crippen molar-refractivity contribution in [2.45, 2.75) is 18.9 Å². The average Bonchev–Trinajstić information content (AvgIpc) is 3.07. The highest BCUT2D eigenvalue weighted by Gasteiger charge is 2.16. The molecule has 4 heterocycles. The zero-order valence-corrected chi connectivity index (χ0v) is 10.6. The van der Waals surface area contributed by atoms with Crippen LogP contribution in [0.2, 0.25) is 0 Å². The first-order chi connectivity index (χ1) is 9.42. The molecular weight excluding hydrogens is 240 g/mol. The SMILES string of the molecule is c1cc2nc(N[C@H]3CCCNC3)c3cc[nH]c3n2n1. The van der Waals surface area contributed by atoms with Crippen LogP contribution in [-0.4, -0.2) is 38.7 Å². The Morgan fingerprint density at radius 3 is 3.26 bits per heavy atom. The van der Waals surface area contributed by atoms with E-state index in [0.29, 0.717) is 6.04 Å². The molecule has 0 spiro atoms. The van der Waals surface area contributed by atoms with Crippen molar-refractivity contribution in [2.75, 3.05) is 18.4 Å². The van der Waals surface area contributed by atoms with E-state index < -0.39 is 0 Å². The maximum Gasteiger partial charge on any atom is 0.159 e. The van der Waals surface area contributed by atoms with Crippen molar-refractivity contribution in [1.82, 2.24) is 24.9 Å². The van der Waals surface area contributed by atoms with Gasteiger partial charge in [-0.2, -0.15) is 9.61 Å². The van der Waals surface area contributed by atoms with Crippen molar-refractivity contribution in [3.8, 4) is 0 Å². The minimum Gasteiger partial charge on any atom is -0.365 e. The number of nitrogens with zero attached hydrogens (tertiary/aromatic N) is 3. The van der Waals surface area contributed by atoms with Crippen molar-refractivity contribution < 1.29 is 0 Å². The summed E-state index contributed by atoms with van der Waals surface area (Å²) < 4.78 is 1.83. The van der Waals surface area contributed by atoms with Gasteiger partial charge in [-0.3, -0.25) is 0 Å². The molecule has 1 atom stereocenters. The number of fused-ring (bicyclic) bond motifs is 3. The van der Waals surface area contributed by atoms with Crippen LogP contribution < -0.4 is 10.6 Å². The second-order valence-electron chi connectivity index (χ2n) is 4.99. The summed E-state index contributed by atoms with van der Waals surface area (Å²) in [4.78, 5) is 7.90. The third kappa shape index (κ3) is 1.76. The summed E-state index contributed by atoms with van der Waals surface area (Å²) in [6.45, 7) is 2.12. The number of H-pyrrole nitrogens is 1. The Kier molecular flexibility index (Phi) is 2.41. The second kappa shape index (κ2) is 4.24. The van der Waals surface area contributed by atoms with Crippen LogP contribution >= 0.6 is 0 Å². The van der Waals surface area contributed by atoms with E-state index in [0.717, 1.165) is 35.6 Å². The molecule has 0 aromatic carbocycles. The summed E-state index contributed by atoms with van der Waals surface area (Å²) >= 11 is 0. The van der Waals surface area contributed by atoms with Gasteiger partial charge in [0, 0.05) is 24.8 Å². The molecule has 0 aliphatic carbocycles. The van der Waals surface area contributed by atoms with Crippen molar-refractivity contribution in [2.24, 2.45) is 0 Å². The van der Waals surface area contributed by atoms with Crippen LogP contribution in [0.15, 0.2) is 24.5 Å². The molecule has 6 nitrogen and oxygen atoms in total. The van der Waals surface area contributed by atoms with Crippen LogP contribution in [0.1, 0.15) is 12.8 Å². The summed E-state index contributed by atoms with van der Waals surface area (Å²) in [7, 11) is 0. The standard InChI is InChI=1S/C13H16N6/c1-2-9(8-14-5-1)17-12-10-3-6-15-13(10)19-11(18-12)4-7-16-19/h3-4,6-7,9,14-15H,1-2,5,8H2,(H,17,18)/t9-/m0/s1. The third-order valence-corrected chi connectivity index (χ3v) is 3.68. The van der Waals surface area contributed by atoms with Crippen molar-refractivity contribution in [1.29, 1.82) is 0 Å². The summed E-state index contributed by atoms with van der Waals surface area (Å²) in [5.41, 5.74) is 1.85. The Hall–Kier alpha value is -2.08. The van der Waals surface area contributed by atoms with Crippen LogP contribution in [0.5, 0.6) is 0 Å². The van der Waals surface area contributed by atoms with Crippen molar-refractivity contribution in [3.05, 3.63) is 24.5 Å². The maximum absolute atomic E-state index is 4.67. The summed E-state index contributed by atoms with van der Waals surface area (Å²) in [6, 6.07) is 4.41. The average molecular weight is 256 g/mol. The molecule has 1 aliphatic heterocycles. The lowest BCUT2D eigenvalue weighted by molar-refractivity contribution is 0.479. The topological polar surface area (TPSA) is 70.0 Å². The quantitative estimate of drug-likeness (QED) is 0.648. The van der Waals surface area contributed by atoms with Crippen LogP contribution in [0.3, 0.4) is 0 Å². The van der Waals surface area contributed by atoms with Gasteiger partial charge in [-0.1, -0.05) is 0 Å². The molecule has 1 aliphatic rings. The first kappa shape index (κ1) is 10.8. The normalized spacial score (nSPS) is 20.1. The first-order valence-corrected chi connectivity index (χ1v) is 6.70. The monoisotopic (exact) mass is 256 g/mol. The summed E-state index contributed by atoms with van der Waals surface area (Å²) in [5.74, 6) is 0.943. The zero-order chi connectivity index (χ0) is 12.7. The molecule has 0 bridgehead atoms. The molecule has 19 heavy (non-hydrogen) atoms. The fraction of sp³-hybridized carbons (Fsp3) is 0.385. The zero-order valence-electron chi connectivity index (χ0n) is 10.6. The minimum absolute atomic E-state index is 0.449. The largest absolute Gasteiger partial charge is 0.365 e. The van der Waals surface area contributed by atoms with Gasteiger partial charge in [-0.15, -0.1) is 0 Å². The highest BCUT2D eigenvalue weighted by atomic mass is 15.3.